The number of carbonyl (C=O) groups is 2. The average Bonchev–Trinajstić information content (AvgIpc) is 2.00. The van der Waals surface area contributed by atoms with Crippen LogP contribution < -0.4 is 0 Å². The largest absolute Gasteiger partial charge is 0.386 e. The fourth-order valence-corrected chi connectivity index (χ4v) is 0.601. The molecule has 0 saturated carbocycles. The minimum Gasteiger partial charge on any atom is -0.386 e. The van der Waals surface area contributed by atoms with Crippen LogP contribution in [0.15, 0.2) is 23.8 Å². The first kappa shape index (κ1) is 13.5. The third-order valence-corrected chi connectivity index (χ3v) is 1.27. The molecular weight excluding hydrogens is 204 g/mol. The summed E-state index contributed by atoms with van der Waals surface area (Å²) >= 11 is 0. The summed E-state index contributed by atoms with van der Waals surface area (Å²) in [5, 5.41) is 25.5. The van der Waals surface area contributed by atoms with Crippen LogP contribution in [0.1, 0.15) is 13.8 Å². The predicted octanol–water partition coefficient (Wildman–Crippen LogP) is -0.791. The van der Waals surface area contributed by atoms with Gasteiger partial charge in [0.1, 0.15) is 0 Å². The van der Waals surface area contributed by atoms with Crippen LogP contribution in [-0.2, 0) is 14.3 Å². The molecule has 0 aliphatic carbocycles. The van der Waals surface area contributed by atoms with Crippen molar-refractivity contribution in [2.24, 2.45) is 0 Å². The van der Waals surface area contributed by atoms with Gasteiger partial charge in [-0.15, -0.1) is 0 Å². The van der Waals surface area contributed by atoms with Gasteiger partial charge in [0.05, 0.1) is 0 Å². The molecule has 84 valence electrons. The summed E-state index contributed by atoms with van der Waals surface area (Å²) in [5.74, 6) is -5.13. The van der Waals surface area contributed by atoms with Crippen LogP contribution in [0.25, 0.3) is 0 Å². The molecule has 6 nitrogen and oxygen atoms in total. The zero-order valence-electron chi connectivity index (χ0n) is 8.35. The molecule has 0 rings (SSSR count). The van der Waals surface area contributed by atoms with E-state index in [-0.39, 0.29) is 11.1 Å². The van der Waals surface area contributed by atoms with Crippen molar-refractivity contribution in [1.82, 2.24) is 0 Å². The van der Waals surface area contributed by atoms with Crippen molar-refractivity contribution in [3.8, 4) is 0 Å². The van der Waals surface area contributed by atoms with Crippen molar-refractivity contribution in [1.29, 1.82) is 0 Å². The molecule has 0 heterocycles. The van der Waals surface area contributed by atoms with Crippen LogP contribution in [0.3, 0.4) is 0 Å². The zero-order valence-corrected chi connectivity index (χ0v) is 8.35. The highest BCUT2D eigenvalue weighted by Crippen LogP contribution is 2.05. The molecule has 3 N–H and O–H groups in total. The maximum Gasteiger partial charge on any atom is 0.341 e. The third kappa shape index (κ3) is 5.74. The number of ether oxygens (including phenoxy) is 1. The van der Waals surface area contributed by atoms with Gasteiger partial charge < -0.3 is 20.1 Å². The molecule has 0 spiro atoms. The Bertz CT molecular complexity index is 320. The van der Waals surface area contributed by atoms with Gasteiger partial charge in [-0.1, -0.05) is 6.58 Å². The number of rotatable bonds is 3. The summed E-state index contributed by atoms with van der Waals surface area (Å²) < 4.78 is 4.24. The quantitative estimate of drug-likeness (QED) is 0.247. The fourth-order valence-electron chi connectivity index (χ4n) is 0.601. The van der Waals surface area contributed by atoms with Gasteiger partial charge in [-0.25, -0.2) is 9.59 Å². The molecule has 0 aromatic rings. The Morgan fingerprint density at radius 1 is 1.20 bits per heavy atom. The van der Waals surface area contributed by atoms with E-state index in [0.29, 0.717) is 6.08 Å². The first-order valence-corrected chi connectivity index (χ1v) is 3.92. The molecule has 0 aliphatic heterocycles. The molecule has 15 heavy (non-hydrogen) atoms. The maximum atomic E-state index is 11.0. The smallest absolute Gasteiger partial charge is 0.341 e. The molecule has 0 aliphatic rings. The van der Waals surface area contributed by atoms with Crippen LogP contribution in [0.5, 0.6) is 0 Å². The average molecular weight is 216 g/mol. The Kier molecular flexibility index (Phi) is 4.35. The molecule has 0 fully saturated rings. The Balaban J connectivity index is 4.55. The van der Waals surface area contributed by atoms with E-state index in [4.69, 9.17) is 15.3 Å². The molecule has 0 aromatic heterocycles. The van der Waals surface area contributed by atoms with Gasteiger partial charge in [0.25, 0.3) is 5.97 Å². The minimum atomic E-state index is -3.12. The van der Waals surface area contributed by atoms with E-state index in [1.165, 1.54) is 6.92 Å². The standard InChI is InChI=1S/C9H12O6/c1-5(2)7(10)15-8(11)6(3)4-9(12,13)14/h4,12-14H,1H2,2-3H3. The second-order valence-corrected chi connectivity index (χ2v) is 2.97. The predicted molar refractivity (Wildman–Crippen MR) is 49.1 cm³/mol. The lowest BCUT2D eigenvalue weighted by molar-refractivity contribution is -0.273. The van der Waals surface area contributed by atoms with Gasteiger partial charge in [-0.2, -0.15) is 0 Å². The molecule has 0 radical (unpaired) electrons. The van der Waals surface area contributed by atoms with Crippen LogP contribution in [0.2, 0.25) is 0 Å². The minimum absolute atomic E-state index is 0.0272. The van der Waals surface area contributed by atoms with E-state index in [2.05, 4.69) is 11.3 Å². The molecule has 0 bridgehead atoms. The third-order valence-electron chi connectivity index (χ3n) is 1.27. The normalized spacial score (nSPS) is 12.2. The van der Waals surface area contributed by atoms with Crippen LogP contribution in [0, 0.1) is 0 Å². The molecule has 0 unspecified atom stereocenters. The highest BCUT2D eigenvalue weighted by atomic mass is 16.7. The van der Waals surface area contributed by atoms with E-state index >= 15 is 0 Å². The SMILES string of the molecule is C=C(C)C(=O)OC(=O)C(C)=CC(O)(O)O. The Morgan fingerprint density at radius 3 is 2.00 bits per heavy atom. The number of aliphatic hydroxyl groups is 3. The van der Waals surface area contributed by atoms with E-state index in [0.717, 1.165) is 6.92 Å². The summed E-state index contributed by atoms with van der Waals surface area (Å²) in [6.45, 7) is 5.74. The molecular formula is C9H12O6. The van der Waals surface area contributed by atoms with Gasteiger partial charge in [0, 0.05) is 17.2 Å². The van der Waals surface area contributed by atoms with Gasteiger partial charge in [0.2, 0.25) is 0 Å². The summed E-state index contributed by atoms with van der Waals surface area (Å²) in [4.78, 5) is 21.9. The van der Waals surface area contributed by atoms with E-state index in [1.807, 2.05) is 0 Å². The first-order chi connectivity index (χ1) is 6.63. The number of carbonyl (C=O) groups excluding carboxylic acids is 2. The van der Waals surface area contributed by atoms with Crippen molar-refractivity contribution in [3.63, 3.8) is 0 Å². The van der Waals surface area contributed by atoms with Crippen LogP contribution in [-0.4, -0.2) is 33.2 Å². The molecule has 0 saturated heterocycles. The summed E-state index contributed by atoms with van der Waals surface area (Å²) in [6, 6.07) is 0. The van der Waals surface area contributed by atoms with Crippen molar-refractivity contribution in [2.45, 2.75) is 19.8 Å². The second kappa shape index (κ2) is 4.83. The molecule has 6 heteroatoms. The number of hydrogen-bond donors (Lipinski definition) is 3. The highest BCUT2D eigenvalue weighted by molar-refractivity contribution is 6.01. The van der Waals surface area contributed by atoms with Gasteiger partial charge in [-0.05, 0) is 13.8 Å². The summed E-state index contributed by atoms with van der Waals surface area (Å²) in [7, 11) is 0. The van der Waals surface area contributed by atoms with Crippen LogP contribution >= 0.6 is 0 Å². The highest BCUT2D eigenvalue weighted by Gasteiger charge is 2.19. The molecule has 0 amide bonds. The number of esters is 2. The van der Waals surface area contributed by atoms with Crippen LogP contribution in [0.4, 0.5) is 0 Å². The van der Waals surface area contributed by atoms with E-state index in [9.17, 15) is 9.59 Å². The van der Waals surface area contributed by atoms with Crippen molar-refractivity contribution in [2.75, 3.05) is 0 Å². The lowest BCUT2D eigenvalue weighted by Crippen LogP contribution is -2.25. The van der Waals surface area contributed by atoms with Gasteiger partial charge in [-0.3, -0.25) is 0 Å². The Labute approximate surface area is 86.1 Å². The number of hydrogen-bond acceptors (Lipinski definition) is 6. The Morgan fingerprint density at radius 2 is 1.67 bits per heavy atom. The lowest BCUT2D eigenvalue weighted by Gasteiger charge is -2.09. The lowest BCUT2D eigenvalue weighted by atomic mass is 10.2. The van der Waals surface area contributed by atoms with Gasteiger partial charge >= 0.3 is 11.9 Å². The van der Waals surface area contributed by atoms with Crippen molar-refractivity contribution >= 4 is 11.9 Å². The van der Waals surface area contributed by atoms with Gasteiger partial charge in [0.15, 0.2) is 0 Å². The fraction of sp³-hybridized carbons (Fsp3) is 0.333. The van der Waals surface area contributed by atoms with Crippen molar-refractivity contribution in [3.05, 3.63) is 23.8 Å². The Hall–Kier alpha value is -1.50. The summed E-state index contributed by atoms with van der Waals surface area (Å²) in [6.07, 6.45) is 0.432. The molecule has 0 aromatic carbocycles. The second-order valence-electron chi connectivity index (χ2n) is 2.97. The molecule has 0 atom stereocenters. The first-order valence-electron chi connectivity index (χ1n) is 3.92. The topological polar surface area (TPSA) is 104 Å². The van der Waals surface area contributed by atoms with Crippen molar-refractivity contribution < 1.29 is 29.6 Å². The van der Waals surface area contributed by atoms with E-state index < -0.39 is 17.9 Å². The van der Waals surface area contributed by atoms with E-state index in [1.54, 1.807) is 0 Å². The maximum absolute atomic E-state index is 11.0. The summed E-state index contributed by atoms with van der Waals surface area (Å²) in [5.41, 5.74) is -0.295. The zero-order chi connectivity index (χ0) is 12.2. The monoisotopic (exact) mass is 216 g/mol.